The van der Waals surface area contributed by atoms with Crippen LogP contribution in [0.25, 0.3) is 77.6 Å². The number of hydrogen-bond acceptors (Lipinski definition) is 2. The third kappa shape index (κ3) is 5.55. The van der Waals surface area contributed by atoms with Crippen molar-refractivity contribution in [2.45, 2.75) is 19.6 Å². The topological polar surface area (TPSA) is 81.6 Å². The fourth-order valence-corrected chi connectivity index (χ4v) is 7.80. The van der Waals surface area contributed by atoms with Crippen molar-refractivity contribution in [3.8, 4) is 50.4 Å². The van der Waals surface area contributed by atoms with E-state index in [0.717, 1.165) is 83.3 Å². The lowest BCUT2D eigenvalue weighted by molar-refractivity contribution is -0.194. The van der Waals surface area contributed by atoms with Gasteiger partial charge in [0.25, 0.3) is 5.79 Å². The number of H-pyrrole nitrogens is 4. The molecular formula is C47H40N4O2+2. The highest BCUT2D eigenvalue weighted by Crippen LogP contribution is 2.48. The van der Waals surface area contributed by atoms with Crippen LogP contribution in [0.15, 0.2) is 158 Å². The van der Waals surface area contributed by atoms with Crippen LogP contribution in [0.3, 0.4) is 0 Å². The van der Waals surface area contributed by atoms with Crippen LogP contribution in [0, 0.1) is 5.92 Å². The molecule has 0 aliphatic carbocycles. The van der Waals surface area contributed by atoms with Crippen LogP contribution in [0.5, 0.6) is 5.88 Å². The highest BCUT2D eigenvalue weighted by Gasteiger charge is 2.46. The van der Waals surface area contributed by atoms with Crippen LogP contribution >= 0.6 is 0 Å². The summed E-state index contributed by atoms with van der Waals surface area (Å²) in [4.78, 5) is 15.4. The number of methoxy groups -OCH3 is 1. The Hall–Kier alpha value is -6.50. The molecule has 4 aromatic heterocycles. The fourth-order valence-electron chi connectivity index (χ4n) is 7.80. The Balaban J connectivity index is 1.53. The smallest absolute Gasteiger partial charge is 0.256 e. The van der Waals surface area contributed by atoms with Gasteiger partial charge in [0.2, 0.25) is 5.88 Å². The summed E-state index contributed by atoms with van der Waals surface area (Å²) in [5.41, 5.74) is 14.9. The second-order valence-electron chi connectivity index (χ2n) is 13.8. The second-order valence-corrected chi connectivity index (χ2v) is 13.8. The Bertz CT molecular complexity index is 2700. The number of fused-ring (bicyclic) bond motifs is 8. The van der Waals surface area contributed by atoms with E-state index in [0.29, 0.717) is 5.88 Å². The average Bonchev–Trinajstić information content (AvgIpc) is 4.03. The Morgan fingerprint density at radius 1 is 0.491 bits per heavy atom. The summed E-state index contributed by atoms with van der Waals surface area (Å²) in [6, 6.07) is 54.9. The van der Waals surface area contributed by atoms with Crippen molar-refractivity contribution in [1.82, 2.24) is 19.9 Å². The number of aromatic amines is 4. The largest absolute Gasteiger partial charge is 0.440 e. The summed E-state index contributed by atoms with van der Waals surface area (Å²) < 4.78 is 13.7. The van der Waals surface area contributed by atoms with Gasteiger partial charge in [0, 0.05) is 55.0 Å². The van der Waals surface area contributed by atoms with E-state index < -0.39 is 5.79 Å². The lowest BCUT2D eigenvalue weighted by atomic mass is 9.92. The molecule has 8 bridgehead atoms. The van der Waals surface area contributed by atoms with Crippen molar-refractivity contribution in [2.75, 3.05) is 7.11 Å². The number of benzene rings is 4. The minimum atomic E-state index is -1.13. The van der Waals surface area contributed by atoms with Gasteiger partial charge in [-0.15, -0.1) is 0 Å². The molecule has 1 aliphatic heterocycles. The first-order valence-electron chi connectivity index (χ1n) is 18.1. The van der Waals surface area contributed by atoms with Crippen molar-refractivity contribution in [3.63, 3.8) is 0 Å². The van der Waals surface area contributed by atoms with Gasteiger partial charge >= 0.3 is 0 Å². The molecule has 53 heavy (non-hydrogen) atoms. The van der Waals surface area contributed by atoms with Crippen molar-refractivity contribution in [1.29, 1.82) is 0 Å². The van der Waals surface area contributed by atoms with E-state index in [4.69, 9.17) is 9.47 Å². The minimum Gasteiger partial charge on any atom is -0.440 e. The quantitative estimate of drug-likeness (QED) is 0.131. The van der Waals surface area contributed by atoms with E-state index in [9.17, 15) is 0 Å². The average molecular weight is 693 g/mol. The Morgan fingerprint density at radius 2 is 0.906 bits per heavy atom. The standard InChI is InChI=1S/C47H40N4O2/c1-30(2)47(52-3)45-43(33-20-12-6-13-21-33)39-28-26-37(49-39)41(31-16-8-4-9-17-31)35-24-25-36(48-35)42(32-18-10-5-11-19-32)38-27-29-40(50-38)44(46(51-45)53-47)34-22-14-7-15-23-34/h4-30,48-51H,1-3H3/q+2/t47-/m0/s1. The maximum atomic E-state index is 7.14. The van der Waals surface area contributed by atoms with Crippen LogP contribution in [0.1, 0.15) is 19.5 Å². The Labute approximate surface area is 308 Å². The molecule has 5 heterocycles. The van der Waals surface area contributed by atoms with E-state index in [2.05, 4.69) is 179 Å². The zero-order valence-corrected chi connectivity index (χ0v) is 29.9. The van der Waals surface area contributed by atoms with Crippen molar-refractivity contribution < 1.29 is 9.47 Å². The summed E-state index contributed by atoms with van der Waals surface area (Å²) in [5, 5.41) is 0. The van der Waals surface area contributed by atoms with Crippen molar-refractivity contribution >= 4 is 33.1 Å². The first-order valence-corrected chi connectivity index (χ1v) is 18.1. The number of hydrogen-bond donors (Lipinski definition) is 4. The molecule has 4 aromatic carbocycles. The van der Waals surface area contributed by atoms with E-state index in [-0.39, 0.29) is 5.92 Å². The predicted molar refractivity (Wildman–Crippen MR) is 218 cm³/mol. The van der Waals surface area contributed by atoms with Gasteiger partial charge in [0.15, 0.2) is 0 Å². The molecule has 258 valence electrons. The zero-order chi connectivity index (χ0) is 35.9. The van der Waals surface area contributed by atoms with E-state index in [1.165, 1.54) is 0 Å². The molecule has 0 saturated carbocycles. The Morgan fingerprint density at radius 3 is 1.38 bits per heavy atom. The monoisotopic (exact) mass is 692 g/mol. The van der Waals surface area contributed by atoms with Gasteiger partial charge in [-0.2, -0.15) is 0 Å². The molecule has 6 nitrogen and oxygen atoms in total. The molecule has 0 saturated heterocycles. The lowest BCUT2D eigenvalue weighted by Gasteiger charge is -2.32. The van der Waals surface area contributed by atoms with Gasteiger partial charge < -0.3 is 29.4 Å². The van der Waals surface area contributed by atoms with Gasteiger partial charge in [0.05, 0.1) is 39.9 Å². The van der Waals surface area contributed by atoms with Gasteiger partial charge in [-0.1, -0.05) is 74.5 Å². The van der Waals surface area contributed by atoms with E-state index >= 15 is 0 Å². The maximum Gasteiger partial charge on any atom is 0.256 e. The first kappa shape index (κ1) is 32.4. The van der Waals surface area contributed by atoms with Crippen LogP contribution in [0.2, 0.25) is 0 Å². The van der Waals surface area contributed by atoms with E-state index in [1.807, 2.05) is 12.1 Å². The summed E-state index contributed by atoms with van der Waals surface area (Å²) >= 11 is 0. The van der Waals surface area contributed by atoms with Crippen LogP contribution in [0.4, 0.5) is 0 Å². The number of aromatic nitrogens is 4. The molecule has 0 unspecified atom stereocenters. The van der Waals surface area contributed by atoms with Crippen molar-refractivity contribution in [3.05, 3.63) is 163 Å². The van der Waals surface area contributed by atoms with Crippen LogP contribution < -0.4 is 4.74 Å². The highest BCUT2D eigenvalue weighted by molar-refractivity contribution is 5.99. The molecule has 0 radical (unpaired) electrons. The molecule has 4 N–H and O–H groups in total. The third-order valence-corrected chi connectivity index (χ3v) is 10.3. The predicted octanol–water partition coefficient (Wildman–Crippen LogP) is 12.2. The molecule has 9 rings (SSSR count). The molecule has 0 fully saturated rings. The molecule has 8 aromatic rings. The van der Waals surface area contributed by atoms with Gasteiger partial charge in [0.1, 0.15) is 38.9 Å². The molecular weight excluding hydrogens is 653 g/mol. The summed E-state index contributed by atoms with van der Waals surface area (Å²) in [6.45, 7) is 4.28. The molecule has 1 aliphatic rings. The van der Waals surface area contributed by atoms with Crippen molar-refractivity contribution in [2.24, 2.45) is 5.92 Å². The Kier molecular flexibility index (Phi) is 8.10. The third-order valence-electron chi connectivity index (χ3n) is 10.3. The van der Waals surface area contributed by atoms with Crippen LogP contribution in [-0.2, 0) is 10.5 Å². The zero-order valence-electron chi connectivity index (χ0n) is 29.9. The first-order chi connectivity index (χ1) is 26.0. The summed E-state index contributed by atoms with van der Waals surface area (Å²) in [5.74, 6) is -0.584. The minimum absolute atomic E-state index is 0.0690. The molecule has 6 heteroatoms. The number of ether oxygens (including phenoxy) is 2. The molecule has 0 spiro atoms. The van der Waals surface area contributed by atoms with E-state index in [1.54, 1.807) is 7.11 Å². The second kappa shape index (κ2) is 13.2. The molecule has 0 amide bonds. The number of rotatable bonds is 6. The number of nitrogens with one attached hydrogen (secondary N) is 4. The SMILES string of the molecule is CO[C@@]1(C(C)C)Oc2[nH]c1c(-c1ccccc1)c1ccc([nH]1)[c+](-c1ccccc1)c1ccc([nH]1)[c+](-c1ccccc1)c1ccc([nH]1)c2-c1ccccc1. The summed E-state index contributed by atoms with van der Waals surface area (Å²) in [6.07, 6.45) is 0. The normalized spacial score (nSPS) is 14.8. The van der Waals surface area contributed by atoms with Gasteiger partial charge in [-0.3, -0.25) is 0 Å². The maximum absolute atomic E-state index is 7.14. The lowest BCUT2D eigenvalue weighted by Crippen LogP contribution is -2.38. The fraction of sp³-hybridized carbons (Fsp3) is 0.106. The van der Waals surface area contributed by atoms with Crippen LogP contribution in [-0.4, -0.2) is 27.0 Å². The van der Waals surface area contributed by atoms with Gasteiger partial charge in [-0.05, 0) is 59.7 Å². The highest BCUT2D eigenvalue weighted by atomic mass is 16.7. The summed E-state index contributed by atoms with van der Waals surface area (Å²) in [7, 11) is 1.73. The molecule has 1 atom stereocenters. The van der Waals surface area contributed by atoms with Gasteiger partial charge in [-0.25, -0.2) is 0 Å².